The van der Waals surface area contributed by atoms with Gasteiger partial charge >= 0.3 is 0 Å². The van der Waals surface area contributed by atoms with Gasteiger partial charge in [-0.1, -0.05) is 63.7 Å². The Morgan fingerprint density at radius 1 is 0.812 bits per heavy atom. The number of hydrogen-bond acceptors (Lipinski definition) is 2. The molecule has 0 aliphatic rings. The highest BCUT2D eigenvalue weighted by Crippen LogP contribution is 2.44. The smallest absolute Gasteiger partial charge is 0.161 e. The van der Waals surface area contributed by atoms with Gasteiger partial charge in [-0.2, -0.15) is 0 Å². The minimum absolute atomic E-state index is 0.0624. The lowest BCUT2D eigenvalue weighted by Gasteiger charge is -2.16. The van der Waals surface area contributed by atoms with Gasteiger partial charge in [0.05, 0.1) is 21.7 Å². The molecule has 0 radical (unpaired) electrons. The van der Waals surface area contributed by atoms with Crippen molar-refractivity contribution in [2.24, 2.45) is 0 Å². The lowest BCUT2D eigenvalue weighted by molar-refractivity contribution is 0.354. The van der Waals surface area contributed by atoms with Gasteiger partial charge in [-0.15, -0.1) is 0 Å². The van der Waals surface area contributed by atoms with Crippen LogP contribution in [-0.4, -0.2) is 14.2 Å². The summed E-state index contributed by atoms with van der Waals surface area (Å²) in [5.74, 6) is 1.43. The van der Waals surface area contributed by atoms with E-state index in [4.69, 9.17) is 9.47 Å². The van der Waals surface area contributed by atoms with E-state index in [2.05, 4.69) is 63.7 Å². The second-order valence-electron chi connectivity index (χ2n) is 2.94. The Balaban J connectivity index is 3.35. The van der Waals surface area contributed by atoms with E-state index in [1.807, 2.05) is 12.1 Å². The number of hydrogen-bond donors (Lipinski definition) is 0. The first-order chi connectivity index (χ1) is 7.51. The zero-order valence-electron chi connectivity index (χ0n) is 8.64. The molecule has 0 N–H and O–H groups in total. The third-order valence-electron chi connectivity index (χ3n) is 2.06. The zero-order valence-corrected chi connectivity index (χ0v) is 15.0. The van der Waals surface area contributed by atoms with Gasteiger partial charge in [0.25, 0.3) is 0 Å². The summed E-state index contributed by atoms with van der Waals surface area (Å²) in [6.45, 7) is 0. The average molecular weight is 482 g/mol. The molecule has 0 saturated heterocycles. The van der Waals surface area contributed by atoms with Crippen molar-refractivity contribution < 1.29 is 9.47 Å². The predicted molar refractivity (Wildman–Crippen MR) is 80.7 cm³/mol. The Labute approximate surface area is 129 Å². The first kappa shape index (κ1) is 14.8. The van der Waals surface area contributed by atoms with Crippen molar-refractivity contribution in [1.82, 2.24) is 0 Å². The fraction of sp³-hybridized carbons (Fsp3) is 0.400. The first-order valence-corrected chi connectivity index (χ1v) is 7.99. The van der Waals surface area contributed by atoms with Crippen LogP contribution in [0.2, 0.25) is 0 Å². The Morgan fingerprint density at radius 2 is 1.12 bits per heavy atom. The molecule has 2 nitrogen and oxygen atoms in total. The standard InChI is InChI=1S/C10H10Br4O2/c1-15-7-3-5(9(11)12)6(10(13)14)4-8(7)16-2/h3-4,9-10H,1-2H3. The maximum atomic E-state index is 5.26. The molecule has 0 aliphatic heterocycles. The minimum atomic E-state index is 0.0624. The average Bonchev–Trinajstić information content (AvgIpc) is 2.26. The Hall–Kier alpha value is 0.740. The summed E-state index contributed by atoms with van der Waals surface area (Å²) in [4.78, 5) is 0. The molecule has 0 heterocycles. The summed E-state index contributed by atoms with van der Waals surface area (Å²) < 4.78 is 10.7. The van der Waals surface area contributed by atoms with Crippen molar-refractivity contribution in [3.63, 3.8) is 0 Å². The van der Waals surface area contributed by atoms with Crippen molar-refractivity contribution >= 4 is 63.7 Å². The summed E-state index contributed by atoms with van der Waals surface area (Å²) in [6, 6.07) is 3.88. The van der Waals surface area contributed by atoms with Crippen molar-refractivity contribution in [2.45, 2.75) is 7.47 Å². The molecule has 1 aromatic rings. The molecule has 0 saturated carbocycles. The van der Waals surface area contributed by atoms with E-state index in [9.17, 15) is 0 Å². The molecule has 0 amide bonds. The molecule has 0 unspecified atom stereocenters. The van der Waals surface area contributed by atoms with Crippen LogP contribution in [-0.2, 0) is 0 Å². The summed E-state index contributed by atoms with van der Waals surface area (Å²) in [7, 11) is 3.25. The Kier molecular flexibility index (Phi) is 6.12. The highest BCUT2D eigenvalue weighted by molar-refractivity contribution is 9.24. The molecule has 0 fully saturated rings. The summed E-state index contributed by atoms with van der Waals surface area (Å²) >= 11 is 14.0. The van der Waals surface area contributed by atoms with Crippen LogP contribution in [0.15, 0.2) is 12.1 Å². The van der Waals surface area contributed by atoms with Crippen molar-refractivity contribution in [2.75, 3.05) is 14.2 Å². The summed E-state index contributed by atoms with van der Waals surface area (Å²) in [5.41, 5.74) is 2.16. The van der Waals surface area contributed by atoms with Gasteiger partial charge in [0.1, 0.15) is 0 Å². The molecule has 16 heavy (non-hydrogen) atoms. The predicted octanol–water partition coefficient (Wildman–Crippen LogP) is 5.28. The van der Waals surface area contributed by atoms with Crippen LogP contribution in [0.3, 0.4) is 0 Å². The Bertz CT molecular complexity index is 331. The van der Waals surface area contributed by atoms with Crippen molar-refractivity contribution in [3.05, 3.63) is 23.3 Å². The third kappa shape index (κ3) is 3.37. The SMILES string of the molecule is COc1cc(C(Br)Br)c(C(Br)Br)cc1OC. The highest BCUT2D eigenvalue weighted by Gasteiger charge is 2.18. The van der Waals surface area contributed by atoms with Crippen molar-refractivity contribution in [3.8, 4) is 11.5 Å². The molecule has 6 heteroatoms. The highest BCUT2D eigenvalue weighted by atomic mass is 79.9. The number of rotatable bonds is 4. The fourth-order valence-electron chi connectivity index (χ4n) is 1.29. The second-order valence-corrected chi connectivity index (χ2v) is 9.06. The molecular weight excluding hydrogens is 472 g/mol. The van der Waals surface area contributed by atoms with Gasteiger partial charge in [0.15, 0.2) is 11.5 Å². The molecule has 1 aromatic carbocycles. The van der Waals surface area contributed by atoms with E-state index in [1.165, 1.54) is 0 Å². The van der Waals surface area contributed by atoms with Gasteiger partial charge in [0.2, 0.25) is 0 Å². The number of benzene rings is 1. The first-order valence-electron chi connectivity index (χ1n) is 4.33. The lowest BCUT2D eigenvalue weighted by Crippen LogP contribution is -1.97. The van der Waals surface area contributed by atoms with Gasteiger partial charge in [0, 0.05) is 0 Å². The van der Waals surface area contributed by atoms with Crippen LogP contribution in [0.25, 0.3) is 0 Å². The molecule has 90 valence electrons. The van der Waals surface area contributed by atoms with E-state index in [1.54, 1.807) is 14.2 Å². The monoisotopic (exact) mass is 478 g/mol. The fourth-order valence-corrected chi connectivity index (χ4v) is 2.87. The molecule has 0 aliphatic carbocycles. The minimum Gasteiger partial charge on any atom is -0.493 e. The van der Waals surface area contributed by atoms with E-state index < -0.39 is 0 Å². The van der Waals surface area contributed by atoms with E-state index in [0.29, 0.717) is 11.5 Å². The molecule has 0 spiro atoms. The lowest BCUT2D eigenvalue weighted by atomic mass is 10.1. The van der Waals surface area contributed by atoms with E-state index in [-0.39, 0.29) is 7.47 Å². The van der Waals surface area contributed by atoms with Gasteiger partial charge < -0.3 is 9.47 Å². The second kappa shape index (κ2) is 6.61. The molecular formula is C10H10Br4O2. The van der Waals surface area contributed by atoms with Crippen LogP contribution in [0.5, 0.6) is 11.5 Å². The van der Waals surface area contributed by atoms with Crippen LogP contribution in [0, 0.1) is 0 Å². The van der Waals surface area contributed by atoms with Gasteiger partial charge in [-0.25, -0.2) is 0 Å². The summed E-state index contributed by atoms with van der Waals surface area (Å²) in [5, 5.41) is 0. The van der Waals surface area contributed by atoms with Crippen LogP contribution in [0.4, 0.5) is 0 Å². The number of alkyl halides is 4. The van der Waals surface area contributed by atoms with Crippen molar-refractivity contribution in [1.29, 1.82) is 0 Å². The quantitative estimate of drug-likeness (QED) is 0.545. The topological polar surface area (TPSA) is 18.5 Å². The van der Waals surface area contributed by atoms with Crippen LogP contribution in [0.1, 0.15) is 18.6 Å². The number of halogens is 4. The normalized spacial score (nSPS) is 11.0. The zero-order chi connectivity index (χ0) is 12.3. The van der Waals surface area contributed by atoms with Gasteiger partial charge in [-0.3, -0.25) is 0 Å². The van der Waals surface area contributed by atoms with Crippen LogP contribution >= 0.6 is 63.7 Å². The molecule has 0 aromatic heterocycles. The van der Waals surface area contributed by atoms with Crippen LogP contribution < -0.4 is 9.47 Å². The largest absolute Gasteiger partial charge is 0.493 e. The van der Waals surface area contributed by atoms with E-state index >= 15 is 0 Å². The molecule has 1 rings (SSSR count). The Morgan fingerprint density at radius 3 is 1.31 bits per heavy atom. The number of methoxy groups -OCH3 is 2. The molecule has 0 atom stereocenters. The van der Waals surface area contributed by atoms with Gasteiger partial charge in [-0.05, 0) is 23.3 Å². The third-order valence-corrected chi connectivity index (χ3v) is 4.03. The maximum Gasteiger partial charge on any atom is 0.161 e. The summed E-state index contributed by atoms with van der Waals surface area (Å²) in [6.07, 6.45) is 0. The molecule has 0 bridgehead atoms. The maximum absolute atomic E-state index is 5.26. The van der Waals surface area contributed by atoms with E-state index in [0.717, 1.165) is 11.1 Å². The number of ether oxygens (including phenoxy) is 2.